The smallest absolute Gasteiger partial charge is 0.191 e. The van der Waals surface area contributed by atoms with E-state index in [0.717, 1.165) is 44.1 Å². The van der Waals surface area contributed by atoms with Crippen molar-refractivity contribution in [1.29, 1.82) is 0 Å². The molecule has 1 aromatic carbocycles. The predicted octanol–water partition coefficient (Wildman–Crippen LogP) is 3.71. The minimum absolute atomic E-state index is 0. The monoisotopic (exact) mass is 447 g/mol. The fourth-order valence-corrected chi connectivity index (χ4v) is 2.50. The van der Waals surface area contributed by atoms with Crippen LogP contribution in [0.3, 0.4) is 0 Å². The van der Waals surface area contributed by atoms with E-state index in [1.165, 1.54) is 5.57 Å². The first kappa shape index (κ1) is 20.9. The minimum atomic E-state index is -0.175. The van der Waals surface area contributed by atoms with Crippen molar-refractivity contribution < 1.29 is 9.13 Å². The summed E-state index contributed by atoms with van der Waals surface area (Å²) >= 11 is 0. The molecule has 0 radical (unpaired) electrons. The van der Waals surface area contributed by atoms with Crippen molar-refractivity contribution in [1.82, 2.24) is 10.6 Å². The molecule has 134 valence electrons. The van der Waals surface area contributed by atoms with E-state index in [0.29, 0.717) is 5.56 Å². The van der Waals surface area contributed by atoms with Gasteiger partial charge in [0.15, 0.2) is 5.96 Å². The second kappa shape index (κ2) is 10.7. The molecule has 2 N–H and O–H groups in total. The van der Waals surface area contributed by atoms with Gasteiger partial charge in [0.05, 0.1) is 19.3 Å². The number of hydrogen-bond acceptors (Lipinski definition) is 2. The van der Waals surface area contributed by atoms with Crippen LogP contribution < -0.4 is 10.6 Å². The van der Waals surface area contributed by atoms with Crippen molar-refractivity contribution in [3.63, 3.8) is 0 Å². The van der Waals surface area contributed by atoms with Crippen LogP contribution in [0.4, 0.5) is 4.39 Å². The number of ether oxygens (including phenoxy) is 1. The number of benzene rings is 1. The van der Waals surface area contributed by atoms with Gasteiger partial charge in [0, 0.05) is 13.6 Å². The Kier molecular flexibility index (Phi) is 9.28. The fraction of sp³-hybridized carbons (Fsp3) is 0.500. The van der Waals surface area contributed by atoms with Gasteiger partial charge in [-0.2, -0.15) is 0 Å². The third-order valence-corrected chi connectivity index (χ3v) is 4.07. The van der Waals surface area contributed by atoms with Crippen LogP contribution in [0.5, 0.6) is 0 Å². The van der Waals surface area contributed by atoms with E-state index in [1.54, 1.807) is 26.1 Å². The highest BCUT2D eigenvalue weighted by atomic mass is 127. The SMILES string of the molecule is CN=C(NCCC1=CCOCC1)NC(C)c1ccc(C)c(F)c1.I. The summed E-state index contributed by atoms with van der Waals surface area (Å²) in [5.41, 5.74) is 2.99. The Morgan fingerprint density at radius 1 is 1.42 bits per heavy atom. The summed E-state index contributed by atoms with van der Waals surface area (Å²) in [5.74, 6) is 0.552. The van der Waals surface area contributed by atoms with E-state index in [1.807, 2.05) is 13.0 Å². The number of aryl methyl sites for hydroxylation is 1. The number of rotatable bonds is 5. The molecule has 2 rings (SSSR count). The van der Waals surface area contributed by atoms with Crippen molar-refractivity contribution in [2.75, 3.05) is 26.8 Å². The molecule has 0 aromatic heterocycles. The Bertz CT molecular complexity index is 590. The molecule has 1 atom stereocenters. The second-order valence-corrected chi connectivity index (χ2v) is 5.81. The van der Waals surface area contributed by atoms with Gasteiger partial charge in [-0.3, -0.25) is 4.99 Å². The topological polar surface area (TPSA) is 45.7 Å². The first-order valence-electron chi connectivity index (χ1n) is 8.09. The molecular weight excluding hydrogens is 420 g/mol. The summed E-state index contributed by atoms with van der Waals surface area (Å²) < 4.78 is 19.0. The van der Waals surface area contributed by atoms with E-state index in [-0.39, 0.29) is 35.8 Å². The largest absolute Gasteiger partial charge is 0.377 e. The van der Waals surface area contributed by atoms with E-state index in [4.69, 9.17) is 4.74 Å². The van der Waals surface area contributed by atoms with Gasteiger partial charge in [-0.15, -0.1) is 24.0 Å². The number of aliphatic imine (C=N–C) groups is 1. The molecule has 1 unspecified atom stereocenters. The number of halogens is 2. The molecule has 1 aliphatic heterocycles. The Labute approximate surface area is 161 Å². The van der Waals surface area contributed by atoms with E-state index < -0.39 is 0 Å². The van der Waals surface area contributed by atoms with Crippen LogP contribution in [0.25, 0.3) is 0 Å². The van der Waals surface area contributed by atoms with Gasteiger partial charge in [0.25, 0.3) is 0 Å². The molecule has 0 fully saturated rings. The lowest BCUT2D eigenvalue weighted by atomic mass is 10.1. The highest BCUT2D eigenvalue weighted by Gasteiger charge is 2.10. The quantitative estimate of drug-likeness (QED) is 0.313. The van der Waals surface area contributed by atoms with Crippen molar-refractivity contribution in [3.05, 3.63) is 46.8 Å². The number of nitrogens with one attached hydrogen (secondary N) is 2. The Morgan fingerprint density at radius 2 is 2.21 bits per heavy atom. The lowest BCUT2D eigenvalue weighted by Gasteiger charge is -2.19. The highest BCUT2D eigenvalue weighted by molar-refractivity contribution is 14.0. The first-order valence-corrected chi connectivity index (χ1v) is 8.09. The van der Waals surface area contributed by atoms with Crippen LogP contribution in [0.15, 0.2) is 34.8 Å². The standard InChI is InChI=1S/C18H26FN3O.HI/c1-13-4-5-16(12-17(13)19)14(2)22-18(20-3)21-9-6-15-7-10-23-11-8-15;/h4-5,7,12,14H,6,8-11H2,1-3H3,(H2,20,21,22);1H. The average Bonchev–Trinajstić information content (AvgIpc) is 2.57. The van der Waals surface area contributed by atoms with Gasteiger partial charge in [-0.1, -0.05) is 23.8 Å². The maximum Gasteiger partial charge on any atom is 0.191 e. The van der Waals surface area contributed by atoms with Crippen LogP contribution in [0.1, 0.15) is 36.9 Å². The summed E-state index contributed by atoms with van der Waals surface area (Å²) in [7, 11) is 1.74. The van der Waals surface area contributed by atoms with E-state index >= 15 is 0 Å². The van der Waals surface area contributed by atoms with E-state index in [2.05, 4.69) is 21.7 Å². The summed E-state index contributed by atoms with van der Waals surface area (Å²) in [6.07, 6.45) is 4.14. The zero-order chi connectivity index (χ0) is 16.7. The van der Waals surface area contributed by atoms with Gasteiger partial charge >= 0.3 is 0 Å². The predicted molar refractivity (Wildman–Crippen MR) is 108 cm³/mol. The molecule has 1 heterocycles. The van der Waals surface area contributed by atoms with Crippen LogP contribution in [0, 0.1) is 12.7 Å². The van der Waals surface area contributed by atoms with Crippen LogP contribution in [0.2, 0.25) is 0 Å². The van der Waals surface area contributed by atoms with Gasteiger partial charge < -0.3 is 15.4 Å². The molecule has 1 aromatic rings. The summed E-state index contributed by atoms with van der Waals surface area (Å²) in [4.78, 5) is 4.23. The minimum Gasteiger partial charge on any atom is -0.377 e. The molecule has 0 amide bonds. The molecule has 0 aliphatic carbocycles. The summed E-state index contributed by atoms with van der Waals surface area (Å²) in [6.45, 7) is 6.12. The van der Waals surface area contributed by atoms with Crippen LogP contribution in [-0.2, 0) is 4.74 Å². The Morgan fingerprint density at radius 3 is 2.83 bits per heavy atom. The summed E-state index contributed by atoms with van der Waals surface area (Å²) in [5, 5.41) is 6.60. The lowest BCUT2D eigenvalue weighted by Crippen LogP contribution is -2.39. The molecular formula is C18H27FIN3O. The molecule has 1 aliphatic rings. The zero-order valence-corrected chi connectivity index (χ0v) is 16.9. The third kappa shape index (κ3) is 6.39. The molecule has 4 nitrogen and oxygen atoms in total. The summed E-state index contributed by atoms with van der Waals surface area (Å²) in [6, 6.07) is 5.30. The highest BCUT2D eigenvalue weighted by Crippen LogP contribution is 2.16. The van der Waals surface area contributed by atoms with Crippen molar-refractivity contribution in [2.45, 2.75) is 32.7 Å². The van der Waals surface area contributed by atoms with Gasteiger partial charge in [0.1, 0.15) is 5.82 Å². The second-order valence-electron chi connectivity index (χ2n) is 5.81. The molecule has 6 heteroatoms. The molecule has 0 spiro atoms. The van der Waals surface area contributed by atoms with Gasteiger partial charge in [0.2, 0.25) is 0 Å². The first-order chi connectivity index (χ1) is 11.1. The molecule has 0 saturated heterocycles. The Hall–Kier alpha value is -1.15. The molecule has 0 bridgehead atoms. The average molecular weight is 447 g/mol. The maximum atomic E-state index is 13.7. The maximum absolute atomic E-state index is 13.7. The zero-order valence-electron chi connectivity index (χ0n) is 14.6. The van der Waals surface area contributed by atoms with Crippen molar-refractivity contribution >= 4 is 29.9 Å². The molecule has 0 saturated carbocycles. The lowest BCUT2D eigenvalue weighted by molar-refractivity contribution is 0.153. The normalized spacial score (nSPS) is 16.0. The Balaban J connectivity index is 0.00000288. The van der Waals surface area contributed by atoms with E-state index in [9.17, 15) is 4.39 Å². The molecule has 24 heavy (non-hydrogen) atoms. The van der Waals surface area contributed by atoms with Gasteiger partial charge in [-0.05, 0) is 43.9 Å². The third-order valence-electron chi connectivity index (χ3n) is 4.07. The van der Waals surface area contributed by atoms with Crippen LogP contribution in [-0.4, -0.2) is 32.8 Å². The number of hydrogen-bond donors (Lipinski definition) is 2. The van der Waals surface area contributed by atoms with Crippen molar-refractivity contribution in [3.8, 4) is 0 Å². The van der Waals surface area contributed by atoms with Crippen LogP contribution >= 0.6 is 24.0 Å². The number of guanidine groups is 1. The number of nitrogens with zero attached hydrogens (tertiary/aromatic N) is 1. The van der Waals surface area contributed by atoms with Gasteiger partial charge in [-0.25, -0.2) is 4.39 Å². The van der Waals surface area contributed by atoms with Crippen molar-refractivity contribution in [2.24, 2.45) is 4.99 Å². The fourth-order valence-electron chi connectivity index (χ4n) is 2.50.